The Kier molecular flexibility index (Phi) is 7.56. The average molecular weight is 436 g/mol. The minimum Gasteiger partial charge on any atom is -0.469 e. The number of guanidine groups is 1. The van der Waals surface area contributed by atoms with Crippen molar-refractivity contribution in [2.75, 3.05) is 7.11 Å². The van der Waals surface area contributed by atoms with Crippen molar-refractivity contribution >= 4 is 28.4 Å². The van der Waals surface area contributed by atoms with Crippen molar-refractivity contribution in [3.05, 3.63) is 95.6 Å². The van der Waals surface area contributed by atoms with Crippen molar-refractivity contribution in [1.82, 2.24) is 0 Å². The maximum absolute atomic E-state index is 13.0. The van der Waals surface area contributed by atoms with E-state index < -0.39 is 10.8 Å². The quantitative estimate of drug-likeness (QED) is 0.319. The van der Waals surface area contributed by atoms with Crippen molar-refractivity contribution < 1.29 is 13.7 Å². The van der Waals surface area contributed by atoms with Crippen molar-refractivity contribution in [1.29, 1.82) is 0 Å². The van der Waals surface area contributed by atoms with E-state index in [1.54, 1.807) is 24.3 Å². The third-order valence-electron chi connectivity index (χ3n) is 4.79. The number of hydrogen-bond donors (Lipinski definition) is 2. The highest BCUT2D eigenvalue weighted by Gasteiger charge is 2.19. The topological polar surface area (TPSA) is 108 Å². The first-order valence-electron chi connectivity index (χ1n) is 9.75. The molecule has 7 heteroatoms. The number of ether oxygens (including phenoxy) is 1. The molecule has 2 unspecified atom stereocenters. The zero-order chi connectivity index (χ0) is 22.2. The Morgan fingerprint density at radius 1 is 0.968 bits per heavy atom. The fourth-order valence-electron chi connectivity index (χ4n) is 3.34. The number of rotatable bonds is 8. The first-order valence-corrected chi connectivity index (χ1v) is 11.1. The van der Waals surface area contributed by atoms with Gasteiger partial charge in [0.25, 0.3) is 0 Å². The summed E-state index contributed by atoms with van der Waals surface area (Å²) in [6, 6.07) is 24.7. The Labute approximate surface area is 184 Å². The summed E-state index contributed by atoms with van der Waals surface area (Å²) in [6.45, 7) is 0. The number of carbonyl (C=O) groups excluding carboxylic acids is 1. The highest BCUT2D eigenvalue weighted by Crippen LogP contribution is 2.29. The fourth-order valence-corrected chi connectivity index (χ4v) is 4.47. The van der Waals surface area contributed by atoms with Gasteiger partial charge < -0.3 is 16.2 Å². The van der Waals surface area contributed by atoms with Crippen LogP contribution in [0.5, 0.6) is 0 Å². The van der Waals surface area contributed by atoms with E-state index >= 15 is 0 Å². The summed E-state index contributed by atoms with van der Waals surface area (Å²) in [4.78, 5) is 16.7. The highest BCUT2D eigenvalue weighted by atomic mass is 32.2. The molecule has 0 bridgehead atoms. The molecule has 0 aromatic heterocycles. The van der Waals surface area contributed by atoms with Crippen LogP contribution in [0.25, 0.3) is 0 Å². The van der Waals surface area contributed by atoms with Gasteiger partial charge in [-0.3, -0.25) is 9.00 Å². The summed E-state index contributed by atoms with van der Waals surface area (Å²) in [5, 5.41) is 0. The average Bonchev–Trinajstić information content (AvgIpc) is 2.77. The van der Waals surface area contributed by atoms with Gasteiger partial charge in [-0.05, 0) is 34.9 Å². The third-order valence-corrected chi connectivity index (χ3v) is 6.17. The van der Waals surface area contributed by atoms with Crippen LogP contribution in [0.4, 0.5) is 5.69 Å². The predicted molar refractivity (Wildman–Crippen MR) is 123 cm³/mol. The smallest absolute Gasteiger partial charge is 0.306 e. The van der Waals surface area contributed by atoms with Gasteiger partial charge in [0.15, 0.2) is 5.96 Å². The van der Waals surface area contributed by atoms with E-state index in [2.05, 4.69) is 4.99 Å². The second-order valence-electron chi connectivity index (χ2n) is 7.01. The lowest BCUT2D eigenvalue weighted by Crippen LogP contribution is -2.21. The molecule has 0 aliphatic heterocycles. The van der Waals surface area contributed by atoms with E-state index in [0.29, 0.717) is 16.3 Å². The first kappa shape index (κ1) is 22.2. The molecule has 4 N–H and O–H groups in total. The standard InChI is InChI=1S/C24H25N3O3S/c1-30-23(28)15-22(18-8-3-2-4-9-18)19-10-5-7-17(13-19)16-31(29)21-12-6-11-20(14-21)27-24(25)26/h2-14,22H,15-16H2,1H3,(H4,25,26,27). The van der Waals surface area contributed by atoms with Gasteiger partial charge in [-0.15, -0.1) is 0 Å². The van der Waals surface area contributed by atoms with Crippen molar-refractivity contribution in [2.24, 2.45) is 16.5 Å². The maximum atomic E-state index is 13.0. The number of methoxy groups -OCH3 is 1. The molecule has 0 saturated carbocycles. The van der Waals surface area contributed by atoms with Gasteiger partial charge in [0, 0.05) is 10.8 Å². The molecule has 0 fully saturated rings. The molecule has 3 rings (SSSR count). The van der Waals surface area contributed by atoms with Crippen molar-refractivity contribution in [3.8, 4) is 0 Å². The van der Waals surface area contributed by atoms with Gasteiger partial charge in [0.1, 0.15) is 0 Å². The van der Waals surface area contributed by atoms with Gasteiger partial charge in [-0.1, -0.05) is 60.7 Å². The molecule has 3 aromatic carbocycles. The molecule has 0 heterocycles. The van der Waals surface area contributed by atoms with E-state index in [1.807, 2.05) is 54.6 Å². The summed E-state index contributed by atoms with van der Waals surface area (Å²) < 4.78 is 17.9. The van der Waals surface area contributed by atoms with E-state index in [-0.39, 0.29) is 24.3 Å². The number of aliphatic imine (C=N–C) groups is 1. The second-order valence-corrected chi connectivity index (χ2v) is 8.46. The Bertz CT molecular complexity index is 1100. The molecule has 0 aliphatic rings. The Balaban J connectivity index is 1.85. The fraction of sp³-hybridized carbons (Fsp3) is 0.167. The third kappa shape index (κ3) is 6.26. The van der Waals surface area contributed by atoms with Gasteiger partial charge in [0.05, 0.1) is 35.8 Å². The van der Waals surface area contributed by atoms with Crippen LogP contribution in [-0.4, -0.2) is 23.2 Å². The van der Waals surface area contributed by atoms with Gasteiger partial charge >= 0.3 is 5.97 Å². The van der Waals surface area contributed by atoms with Crippen LogP contribution in [0.15, 0.2) is 88.8 Å². The van der Waals surface area contributed by atoms with E-state index in [4.69, 9.17) is 16.2 Å². The van der Waals surface area contributed by atoms with Crippen LogP contribution in [0, 0.1) is 0 Å². The molecule has 0 radical (unpaired) electrons. The number of benzene rings is 3. The first-order chi connectivity index (χ1) is 15.0. The molecule has 0 saturated heterocycles. The summed E-state index contributed by atoms with van der Waals surface area (Å²) in [7, 11) is 0.109. The van der Waals surface area contributed by atoms with Crippen molar-refractivity contribution in [2.45, 2.75) is 23.0 Å². The van der Waals surface area contributed by atoms with Crippen LogP contribution in [0.2, 0.25) is 0 Å². The lowest BCUT2D eigenvalue weighted by Gasteiger charge is -2.18. The molecule has 0 amide bonds. The lowest BCUT2D eigenvalue weighted by molar-refractivity contribution is -0.140. The van der Waals surface area contributed by atoms with E-state index in [0.717, 1.165) is 16.7 Å². The second kappa shape index (κ2) is 10.5. The maximum Gasteiger partial charge on any atom is 0.306 e. The molecular weight excluding hydrogens is 410 g/mol. The minimum absolute atomic E-state index is 0.0480. The van der Waals surface area contributed by atoms with Gasteiger partial charge in [0.2, 0.25) is 0 Å². The van der Waals surface area contributed by atoms with Crippen LogP contribution in [0.3, 0.4) is 0 Å². The van der Waals surface area contributed by atoms with Crippen LogP contribution in [-0.2, 0) is 26.1 Å². The highest BCUT2D eigenvalue weighted by molar-refractivity contribution is 7.84. The molecular formula is C24H25N3O3S. The van der Waals surface area contributed by atoms with Crippen molar-refractivity contribution in [3.63, 3.8) is 0 Å². The monoisotopic (exact) mass is 435 g/mol. The Morgan fingerprint density at radius 2 is 1.68 bits per heavy atom. The van der Waals surface area contributed by atoms with Gasteiger partial charge in [-0.2, -0.15) is 0 Å². The molecule has 3 aromatic rings. The number of carbonyl (C=O) groups is 1. The molecule has 0 aliphatic carbocycles. The number of esters is 1. The predicted octanol–water partition coefficient (Wildman–Crippen LogP) is 3.59. The largest absolute Gasteiger partial charge is 0.469 e. The van der Waals surface area contributed by atoms with E-state index in [1.165, 1.54) is 7.11 Å². The molecule has 2 atom stereocenters. The Morgan fingerprint density at radius 3 is 2.39 bits per heavy atom. The van der Waals surface area contributed by atoms with Gasteiger partial charge in [-0.25, -0.2) is 4.99 Å². The number of nitrogens with two attached hydrogens (primary N) is 2. The molecule has 0 spiro atoms. The normalized spacial score (nSPS) is 12.5. The van der Waals surface area contributed by atoms with Crippen LogP contribution >= 0.6 is 0 Å². The van der Waals surface area contributed by atoms with Crippen LogP contribution in [0.1, 0.15) is 29.0 Å². The zero-order valence-electron chi connectivity index (χ0n) is 17.2. The summed E-state index contributed by atoms with van der Waals surface area (Å²) in [6.07, 6.45) is 0.230. The van der Waals surface area contributed by atoms with E-state index in [9.17, 15) is 9.00 Å². The number of hydrogen-bond acceptors (Lipinski definition) is 4. The Hall–Kier alpha value is -3.45. The minimum atomic E-state index is -1.28. The summed E-state index contributed by atoms with van der Waals surface area (Å²) in [5.74, 6) is -0.140. The molecule has 6 nitrogen and oxygen atoms in total. The summed E-state index contributed by atoms with van der Waals surface area (Å²) >= 11 is 0. The molecule has 31 heavy (non-hydrogen) atoms. The zero-order valence-corrected chi connectivity index (χ0v) is 18.0. The van der Waals surface area contributed by atoms with Crippen LogP contribution < -0.4 is 11.5 Å². The number of nitrogens with zero attached hydrogens (tertiary/aromatic N) is 1. The molecule has 160 valence electrons. The SMILES string of the molecule is COC(=O)CC(c1ccccc1)c1cccc(CS(=O)c2cccc(N=C(N)N)c2)c1. The summed E-state index contributed by atoms with van der Waals surface area (Å²) in [5.41, 5.74) is 14.3. The lowest BCUT2D eigenvalue weighted by atomic mass is 9.88.